The van der Waals surface area contributed by atoms with Gasteiger partial charge in [-0.05, 0) is 42.0 Å². The number of hydrogen-bond donors (Lipinski definition) is 0. The SMILES string of the molecule is O=C(Cc1ccncc1)c1ccc(F)cc1.[Li][CH2]CCC. The van der Waals surface area contributed by atoms with E-state index in [2.05, 4.69) is 29.6 Å². The summed E-state index contributed by atoms with van der Waals surface area (Å²) in [5, 5.41) is 1.34. The molecule has 4 heteroatoms. The predicted octanol–water partition coefficient (Wildman–Crippen LogP) is 4.02. The molecule has 0 saturated heterocycles. The van der Waals surface area contributed by atoms with E-state index in [9.17, 15) is 9.18 Å². The van der Waals surface area contributed by atoms with Gasteiger partial charge in [-0.2, -0.15) is 0 Å². The monoisotopic (exact) mass is 279 g/mol. The third-order valence-electron chi connectivity index (χ3n) is 2.99. The summed E-state index contributed by atoms with van der Waals surface area (Å²) in [4.78, 5) is 15.7. The van der Waals surface area contributed by atoms with Crippen molar-refractivity contribution in [3.05, 3.63) is 65.7 Å². The van der Waals surface area contributed by atoms with Gasteiger partial charge in [0.05, 0.1) is 0 Å². The van der Waals surface area contributed by atoms with Crippen LogP contribution in [0.4, 0.5) is 4.39 Å². The van der Waals surface area contributed by atoms with Crippen LogP contribution >= 0.6 is 0 Å². The molecule has 1 heterocycles. The van der Waals surface area contributed by atoms with Gasteiger partial charge in [-0.3, -0.25) is 9.78 Å². The molecule has 0 aliphatic carbocycles. The van der Waals surface area contributed by atoms with Crippen molar-refractivity contribution in [2.24, 2.45) is 0 Å². The molecule has 0 spiro atoms. The second kappa shape index (κ2) is 10.3. The van der Waals surface area contributed by atoms with Crippen molar-refractivity contribution in [3.8, 4) is 0 Å². The van der Waals surface area contributed by atoms with E-state index in [4.69, 9.17) is 0 Å². The molecule has 0 fully saturated rings. The maximum absolute atomic E-state index is 12.7. The number of carbonyl (C=O) groups excluding carboxylic acids is 1. The number of Topliss-reactive ketones (excluding diaryl/α,β-unsaturated/α-hetero) is 1. The van der Waals surface area contributed by atoms with Crippen molar-refractivity contribution >= 4 is 23.5 Å². The van der Waals surface area contributed by atoms with Crippen molar-refractivity contribution < 1.29 is 9.18 Å². The Balaban J connectivity index is 0.000000383. The Morgan fingerprint density at radius 2 is 1.76 bits per heavy atom. The summed E-state index contributed by atoms with van der Waals surface area (Å²) in [5.74, 6) is -0.355. The molecule has 1 aromatic carbocycles. The standard InChI is InChI=1S/C13H10FNO.C4H9.Li/c14-12-3-1-11(2-4-12)13(16)9-10-5-7-15-8-6-10;1-3-4-2;/h1-8H,9H2;1,3-4H2,2H3;. The average molecular weight is 279 g/mol. The summed E-state index contributed by atoms with van der Waals surface area (Å²) < 4.78 is 12.7. The van der Waals surface area contributed by atoms with Crippen LogP contribution in [0.15, 0.2) is 48.8 Å². The number of hydrogen-bond acceptors (Lipinski definition) is 2. The third kappa shape index (κ3) is 7.22. The molecule has 0 aliphatic heterocycles. The van der Waals surface area contributed by atoms with Gasteiger partial charge in [0.2, 0.25) is 0 Å². The Hall–Kier alpha value is -1.43. The van der Waals surface area contributed by atoms with Crippen LogP contribution in [0.2, 0.25) is 5.09 Å². The van der Waals surface area contributed by atoms with Crippen LogP contribution in [0, 0.1) is 5.82 Å². The molecule has 0 unspecified atom stereocenters. The maximum atomic E-state index is 12.7. The number of pyridine rings is 1. The first kappa shape index (κ1) is 17.6. The van der Waals surface area contributed by atoms with E-state index in [0.29, 0.717) is 12.0 Å². The molecular weight excluding hydrogens is 260 g/mol. The van der Waals surface area contributed by atoms with E-state index < -0.39 is 0 Å². The van der Waals surface area contributed by atoms with E-state index >= 15 is 0 Å². The van der Waals surface area contributed by atoms with Crippen molar-refractivity contribution in [1.82, 2.24) is 4.98 Å². The second-order valence-electron chi connectivity index (χ2n) is 4.82. The Labute approximate surface area is 135 Å². The summed E-state index contributed by atoms with van der Waals surface area (Å²) in [6.07, 6.45) is 6.34. The van der Waals surface area contributed by atoms with Gasteiger partial charge in [0, 0.05) is 24.4 Å². The number of rotatable bonds is 5. The number of benzene rings is 1. The summed E-state index contributed by atoms with van der Waals surface area (Å²) in [6, 6.07) is 9.17. The zero-order chi connectivity index (χ0) is 15.5. The van der Waals surface area contributed by atoms with Gasteiger partial charge in [-0.1, -0.05) is 0 Å². The van der Waals surface area contributed by atoms with Crippen LogP contribution in [-0.4, -0.2) is 28.5 Å². The zero-order valence-electron chi connectivity index (χ0n) is 12.7. The van der Waals surface area contributed by atoms with Crippen LogP contribution in [0.1, 0.15) is 35.7 Å². The fourth-order valence-corrected chi connectivity index (χ4v) is 1.78. The van der Waals surface area contributed by atoms with Crippen LogP contribution in [-0.2, 0) is 6.42 Å². The van der Waals surface area contributed by atoms with Gasteiger partial charge < -0.3 is 0 Å². The van der Waals surface area contributed by atoms with E-state index in [1.54, 1.807) is 24.5 Å². The molecule has 1 aromatic heterocycles. The molecule has 0 atom stereocenters. The van der Waals surface area contributed by atoms with Gasteiger partial charge in [0.1, 0.15) is 5.82 Å². The second-order valence-corrected chi connectivity index (χ2v) is 4.82. The van der Waals surface area contributed by atoms with Crippen molar-refractivity contribution in [1.29, 1.82) is 0 Å². The first-order chi connectivity index (χ1) is 10.2. The Morgan fingerprint density at radius 1 is 1.14 bits per heavy atom. The molecular formula is C17H19FLiNO. The van der Waals surface area contributed by atoms with Crippen LogP contribution in [0.3, 0.4) is 0 Å². The molecule has 0 aliphatic rings. The van der Waals surface area contributed by atoms with Gasteiger partial charge in [-0.15, -0.1) is 0 Å². The fourth-order valence-electron chi connectivity index (χ4n) is 1.78. The molecule has 21 heavy (non-hydrogen) atoms. The van der Waals surface area contributed by atoms with Crippen molar-refractivity contribution in [3.63, 3.8) is 0 Å². The summed E-state index contributed by atoms with van der Waals surface area (Å²) in [7, 11) is 0. The fraction of sp³-hybridized carbons (Fsp3) is 0.294. The molecule has 2 aromatic rings. The topological polar surface area (TPSA) is 30.0 Å². The van der Waals surface area contributed by atoms with Crippen LogP contribution in [0.25, 0.3) is 0 Å². The number of aromatic nitrogens is 1. The van der Waals surface area contributed by atoms with Gasteiger partial charge in [0.25, 0.3) is 0 Å². The quantitative estimate of drug-likeness (QED) is 0.611. The number of halogens is 1. The van der Waals surface area contributed by atoms with E-state index in [1.807, 2.05) is 0 Å². The van der Waals surface area contributed by atoms with Gasteiger partial charge in [-0.25, -0.2) is 4.39 Å². The van der Waals surface area contributed by atoms with E-state index in [-0.39, 0.29) is 11.6 Å². The Kier molecular flexibility index (Phi) is 8.66. The first-order valence-corrected chi connectivity index (χ1v) is 7.35. The number of carbonyl (C=O) groups is 1. The van der Waals surface area contributed by atoms with E-state index in [0.717, 1.165) is 5.56 Å². The zero-order valence-corrected chi connectivity index (χ0v) is 12.7. The summed E-state index contributed by atoms with van der Waals surface area (Å²) >= 11 is 2.21. The number of nitrogens with zero attached hydrogens (tertiary/aromatic N) is 1. The summed E-state index contributed by atoms with van der Waals surface area (Å²) in [5.41, 5.74) is 1.43. The number of unbranched alkanes of at least 4 members (excludes halogenated alkanes) is 1. The van der Waals surface area contributed by atoms with Crippen molar-refractivity contribution in [2.75, 3.05) is 0 Å². The first-order valence-electron chi connectivity index (χ1n) is 7.35. The molecule has 2 nitrogen and oxygen atoms in total. The van der Waals surface area contributed by atoms with Gasteiger partial charge in [0.15, 0.2) is 5.78 Å². The molecule has 0 radical (unpaired) electrons. The molecule has 0 saturated carbocycles. The predicted molar refractivity (Wildman–Crippen MR) is 84.1 cm³/mol. The van der Waals surface area contributed by atoms with Crippen LogP contribution in [0.5, 0.6) is 0 Å². The number of ketones is 1. The van der Waals surface area contributed by atoms with Crippen LogP contribution < -0.4 is 0 Å². The minimum atomic E-state index is -0.333. The average Bonchev–Trinajstić information content (AvgIpc) is 2.50. The molecule has 2 rings (SSSR count). The Morgan fingerprint density at radius 3 is 2.24 bits per heavy atom. The molecule has 0 amide bonds. The summed E-state index contributed by atoms with van der Waals surface area (Å²) in [6.45, 7) is 2.21. The van der Waals surface area contributed by atoms with Gasteiger partial charge >= 0.3 is 42.6 Å². The molecule has 0 N–H and O–H groups in total. The molecule has 0 bridgehead atoms. The van der Waals surface area contributed by atoms with E-state index in [1.165, 1.54) is 42.2 Å². The Bertz CT molecular complexity index is 526. The van der Waals surface area contributed by atoms with Crippen molar-refractivity contribution in [2.45, 2.75) is 31.3 Å². The normalized spacial score (nSPS) is 9.71. The third-order valence-corrected chi connectivity index (χ3v) is 2.99. The molecule has 106 valence electrons. The minimum absolute atomic E-state index is 0.0220.